The highest BCUT2D eigenvalue weighted by Crippen LogP contribution is 2.29. The van der Waals surface area contributed by atoms with Gasteiger partial charge in [0, 0.05) is 44.8 Å². The summed E-state index contributed by atoms with van der Waals surface area (Å²) in [5.41, 5.74) is 0.406. The van der Waals surface area contributed by atoms with Gasteiger partial charge in [0.25, 0.3) is 15.9 Å². The van der Waals surface area contributed by atoms with Gasteiger partial charge in [-0.3, -0.25) is 14.3 Å². The molecule has 3 rings (SSSR count). The quantitative estimate of drug-likeness (QED) is 0.369. The summed E-state index contributed by atoms with van der Waals surface area (Å²) < 4.78 is 41.4. The number of benzene rings is 2. The zero-order valence-corrected chi connectivity index (χ0v) is 29.0. The molecule has 1 aliphatic rings. The van der Waals surface area contributed by atoms with Crippen LogP contribution in [0.5, 0.6) is 5.75 Å². The number of nitrogens with zero attached hydrogens (tertiary/aromatic N) is 3. The first-order chi connectivity index (χ1) is 21.8. The van der Waals surface area contributed by atoms with Gasteiger partial charge in [-0.15, -0.1) is 0 Å². The number of sulfonamides is 1. The van der Waals surface area contributed by atoms with Gasteiger partial charge < -0.3 is 29.3 Å². The van der Waals surface area contributed by atoms with E-state index in [4.69, 9.17) is 9.47 Å². The van der Waals surface area contributed by atoms with Crippen LogP contribution in [0.3, 0.4) is 0 Å². The maximum atomic E-state index is 14.3. The summed E-state index contributed by atoms with van der Waals surface area (Å²) in [5, 5.41) is 10.2. The highest BCUT2D eigenvalue weighted by molar-refractivity contribution is 7.92. The predicted octanol–water partition coefficient (Wildman–Crippen LogP) is 4.08. The van der Waals surface area contributed by atoms with Crippen LogP contribution in [0.25, 0.3) is 0 Å². The molecule has 11 nitrogen and oxygen atoms in total. The maximum Gasteiger partial charge on any atom is 0.261 e. The molecule has 256 valence electrons. The van der Waals surface area contributed by atoms with Crippen LogP contribution in [0.15, 0.2) is 53.4 Å². The number of carbonyl (C=O) groups excluding carboxylic acids is 2. The van der Waals surface area contributed by atoms with Crippen LogP contribution in [-0.2, 0) is 19.6 Å². The number of nitrogens with one attached hydrogen (secondary N) is 1. The van der Waals surface area contributed by atoms with Crippen LogP contribution >= 0.6 is 0 Å². The average Bonchev–Trinajstić information content (AvgIpc) is 3.02. The van der Waals surface area contributed by atoms with Crippen molar-refractivity contribution >= 4 is 27.5 Å². The van der Waals surface area contributed by atoms with Crippen LogP contribution in [0.1, 0.15) is 63.2 Å². The standard InChI is InChI=1S/C34H52N4O7S/c1-25-22-38(26(2)24-39)34(41)30-21-28(35-46(42,43)29-14-8-7-9-15-29)17-18-31(30)45-27(3)13-10-11-20-44-32(25)23-37(6)33(40)16-12-19-36(4)5/h7-9,14-15,17-18,21,25-27,32,35,39H,10-13,16,19-20,22-24H2,1-6H3/t25-,26-,27-,32-/m0/s1. The van der Waals surface area contributed by atoms with Gasteiger partial charge in [-0.1, -0.05) is 25.1 Å². The summed E-state index contributed by atoms with van der Waals surface area (Å²) in [6, 6.07) is 12.2. The Balaban J connectivity index is 1.93. The van der Waals surface area contributed by atoms with Crippen molar-refractivity contribution in [2.24, 2.45) is 5.92 Å². The Labute approximate surface area is 274 Å². The monoisotopic (exact) mass is 660 g/mol. The molecule has 1 aliphatic heterocycles. The lowest BCUT2D eigenvalue weighted by Crippen LogP contribution is -2.48. The Morgan fingerprint density at radius 1 is 1.11 bits per heavy atom. The molecule has 0 bridgehead atoms. The van der Waals surface area contributed by atoms with E-state index in [0.717, 1.165) is 32.2 Å². The third-order valence-electron chi connectivity index (χ3n) is 8.23. The van der Waals surface area contributed by atoms with Crippen molar-refractivity contribution in [3.05, 3.63) is 54.1 Å². The van der Waals surface area contributed by atoms with Gasteiger partial charge in [0.2, 0.25) is 5.91 Å². The number of aliphatic hydroxyl groups is 1. The molecular weight excluding hydrogens is 608 g/mol. The molecule has 4 atom stereocenters. The maximum absolute atomic E-state index is 14.3. The second-order valence-electron chi connectivity index (χ2n) is 12.6. The van der Waals surface area contributed by atoms with E-state index >= 15 is 0 Å². The minimum Gasteiger partial charge on any atom is -0.490 e. The lowest BCUT2D eigenvalue weighted by molar-refractivity contribution is -0.132. The van der Waals surface area contributed by atoms with Crippen molar-refractivity contribution in [1.82, 2.24) is 14.7 Å². The predicted molar refractivity (Wildman–Crippen MR) is 180 cm³/mol. The molecule has 46 heavy (non-hydrogen) atoms. The van der Waals surface area contributed by atoms with Gasteiger partial charge in [-0.05, 0) is 90.5 Å². The molecule has 2 amide bonds. The first-order valence-electron chi connectivity index (χ1n) is 16.1. The second kappa shape index (κ2) is 17.7. The summed E-state index contributed by atoms with van der Waals surface area (Å²) >= 11 is 0. The van der Waals surface area contributed by atoms with E-state index in [0.29, 0.717) is 25.3 Å². The molecule has 0 radical (unpaired) electrons. The van der Waals surface area contributed by atoms with E-state index in [1.54, 1.807) is 54.1 Å². The number of fused-ring (bicyclic) bond motifs is 1. The lowest BCUT2D eigenvalue weighted by atomic mass is 10.0. The van der Waals surface area contributed by atoms with Crippen LogP contribution in [0.2, 0.25) is 0 Å². The van der Waals surface area contributed by atoms with Crippen molar-refractivity contribution in [2.75, 3.05) is 58.7 Å². The molecule has 0 fully saturated rings. The molecule has 2 aromatic rings. The van der Waals surface area contributed by atoms with E-state index in [1.165, 1.54) is 18.2 Å². The fraction of sp³-hybridized carbons (Fsp3) is 0.588. The average molecular weight is 661 g/mol. The number of aliphatic hydroxyl groups excluding tert-OH is 1. The van der Waals surface area contributed by atoms with E-state index in [-0.39, 0.29) is 53.3 Å². The molecule has 0 aromatic heterocycles. The van der Waals surface area contributed by atoms with Crippen molar-refractivity contribution in [3.63, 3.8) is 0 Å². The summed E-state index contributed by atoms with van der Waals surface area (Å²) in [7, 11) is 1.84. The van der Waals surface area contributed by atoms with Gasteiger partial charge in [-0.25, -0.2) is 8.42 Å². The molecule has 0 saturated heterocycles. The zero-order chi connectivity index (χ0) is 33.9. The van der Waals surface area contributed by atoms with Gasteiger partial charge >= 0.3 is 0 Å². The number of carbonyl (C=O) groups is 2. The first kappa shape index (κ1) is 37.3. The minimum absolute atomic E-state index is 0.0408. The highest BCUT2D eigenvalue weighted by atomic mass is 32.2. The Bertz CT molecular complexity index is 1370. The molecule has 0 aliphatic carbocycles. The van der Waals surface area contributed by atoms with Crippen LogP contribution in [-0.4, -0.2) is 112 Å². The Morgan fingerprint density at radius 2 is 1.83 bits per heavy atom. The third-order valence-corrected chi connectivity index (χ3v) is 9.63. The number of amides is 2. The van der Waals surface area contributed by atoms with Gasteiger partial charge in [-0.2, -0.15) is 0 Å². The van der Waals surface area contributed by atoms with Gasteiger partial charge in [0.05, 0.1) is 35.3 Å². The topological polar surface area (TPSA) is 129 Å². The number of hydrogen-bond donors (Lipinski definition) is 2. The minimum atomic E-state index is -3.90. The van der Waals surface area contributed by atoms with E-state index in [2.05, 4.69) is 9.62 Å². The normalized spacial score (nSPS) is 20.7. The second-order valence-corrected chi connectivity index (χ2v) is 14.3. The molecule has 0 unspecified atom stereocenters. The largest absolute Gasteiger partial charge is 0.490 e. The summed E-state index contributed by atoms with van der Waals surface area (Å²) in [6.07, 6.45) is 3.01. The van der Waals surface area contributed by atoms with Crippen LogP contribution in [0, 0.1) is 5.92 Å². The van der Waals surface area contributed by atoms with E-state index in [9.17, 15) is 23.1 Å². The Morgan fingerprint density at radius 3 is 2.50 bits per heavy atom. The highest BCUT2D eigenvalue weighted by Gasteiger charge is 2.31. The molecular formula is C34H52N4O7S. The third kappa shape index (κ3) is 11.0. The smallest absolute Gasteiger partial charge is 0.261 e. The van der Waals surface area contributed by atoms with Crippen molar-refractivity contribution in [3.8, 4) is 5.75 Å². The van der Waals surface area contributed by atoms with Crippen LogP contribution < -0.4 is 9.46 Å². The summed E-state index contributed by atoms with van der Waals surface area (Å²) in [5.74, 6) is -0.212. The fourth-order valence-electron chi connectivity index (χ4n) is 5.37. The molecule has 0 spiro atoms. The zero-order valence-electron chi connectivity index (χ0n) is 28.1. The number of rotatable bonds is 11. The van der Waals surface area contributed by atoms with Crippen molar-refractivity contribution in [2.45, 2.75) is 76.0 Å². The fourth-order valence-corrected chi connectivity index (χ4v) is 6.44. The number of anilines is 1. The van der Waals surface area contributed by atoms with Crippen LogP contribution in [0.4, 0.5) is 5.69 Å². The summed E-state index contributed by atoms with van der Waals surface area (Å²) in [4.78, 5) is 32.7. The molecule has 1 heterocycles. The number of hydrogen-bond acceptors (Lipinski definition) is 8. The van der Waals surface area contributed by atoms with E-state index in [1.807, 2.05) is 27.9 Å². The Hall–Kier alpha value is -3.19. The van der Waals surface area contributed by atoms with Crippen molar-refractivity contribution < 1.29 is 32.6 Å². The number of ether oxygens (including phenoxy) is 2. The van der Waals surface area contributed by atoms with Crippen molar-refractivity contribution in [1.29, 1.82) is 0 Å². The first-order valence-corrected chi connectivity index (χ1v) is 17.6. The molecule has 12 heteroatoms. The lowest BCUT2D eigenvalue weighted by Gasteiger charge is -2.36. The van der Waals surface area contributed by atoms with Gasteiger partial charge in [0.15, 0.2) is 0 Å². The number of likely N-dealkylation sites (N-methyl/N-ethyl adjacent to an activating group) is 1. The molecule has 2 aromatic carbocycles. The summed E-state index contributed by atoms with van der Waals surface area (Å²) in [6.45, 7) is 7.34. The molecule has 2 N–H and O–H groups in total. The Kier molecular flexibility index (Phi) is 14.3. The van der Waals surface area contributed by atoms with E-state index < -0.39 is 22.0 Å². The SMILES string of the molecule is C[C@H]1CCCCO[C@@H](CN(C)C(=O)CCCN(C)C)[C@@H](C)CN([C@@H](C)CO)C(=O)c2cc(NS(=O)(=O)c3ccccc3)ccc2O1. The van der Waals surface area contributed by atoms with Gasteiger partial charge in [0.1, 0.15) is 5.75 Å². The molecule has 0 saturated carbocycles.